The highest BCUT2D eigenvalue weighted by atomic mass is 19.4. The molecule has 0 aliphatic carbocycles. The minimum atomic E-state index is -4.53. The van der Waals surface area contributed by atoms with Crippen LogP contribution in [-0.4, -0.2) is 36.3 Å². The summed E-state index contributed by atoms with van der Waals surface area (Å²) in [6, 6.07) is 7.47. The van der Waals surface area contributed by atoms with E-state index >= 15 is 0 Å². The van der Waals surface area contributed by atoms with Crippen molar-refractivity contribution in [3.05, 3.63) is 75.5 Å². The van der Waals surface area contributed by atoms with Gasteiger partial charge in [0, 0.05) is 24.0 Å². The van der Waals surface area contributed by atoms with Crippen LogP contribution in [0.25, 0.3) is 16.9 Å². The molecule has 0 saturated heterocycles. The van der Waals surface area contributed by atoms with Crippen LogP contribution in [0.3, 0.4) is 0 Å². The number of aryl methyl sites for hydroxylation is 2. The second kappa shape index (κ2) is 8.23. The van der Waals surface area contributed by atoms with Crippen molar-refractivity contribution in [1.29, 1.82) is 0 Å². The molecule has 8 nitrogen and oxygen atoms in total. The molecule has 1 atom stereocenters. The number of nitrogens with zero attached hydrogens (tertiary/aromatic N) is 4. The van der Waals surface area contributed by atoms with Crippen LogP contribution < -0.4 is 10.9 Å². The topological polar surface area (TPSA) is 97.1 Å². The number of hydrogen-bond acceptors (Lipinski definition) is 4. The molecule has 11 heteroatoms. The third-order valence-corrected chi connectivity index (χ3v) is 5.28. The lowest BCUT2D eigenvalue weighted by atomic mass is 10.1. The molecule has 4 rings (SSSR count). The summed E-state index contributed by atoms with van der Waals surface area (Å²) in [4.78, 5) is 27.9. The molecule has 0 aliphatic rings. The van der Waals surface area contributed by atoms with E-state index in [1.165, 1.54) is 23.0 Å². The number of benzene rings is 1. The standard InChI is InChI=1S/C22H21F3N6O2/c1-12-4-5-15(8-13(12)2)19-27-21(33)17-9-16(11-31(17)29-19)20(32)26-14(3)10-30-7-6-18(28-30)22(23,24)25/h4-9,11,14H,10H2,1-3H3,(H,26,32)(H,27,29,33). The molecule has 1 amide bonds. The third kappa shape index (κ3) is 4.66. The smallest absolute Gasteiger partial charge is 0.348 e. The van der Waals surface area contributed by atoms with Crippen LogP contribution in [0.15, 0.2) is 47.5 Å². The van der Waals surface area contributed by atoms with Gasteiger partial charge in [0.05, 0.1) is 12.1 Å². The Morgan fingerprint density at radius 1 is 1.15 bits per heavy atom. The van der Waals surface area contributed by atoms with Gasteiger partial charge < -0.3 is 10.3 Å². The predicted molar refractivity (Wildman–Crippen MR) is 115 cm³/mol. The van der Waals surface area contributed by atoms with Crippen molar-refractivity contribution in [2.24, 2.45) is 0 Å². The number of nitrogens with one attached hydrogen (secondary N) is 2. The molecule has 0 bridgehead atoms. The van der Waals surface area contributed by atoms with Crippen molar-refractivity contribution < 1.29 is 18.0 Å². The quantitative estimate of drug-likeness (QED) is 0.479. The zero-order valence-corrected chi connectivity index (χ0v) is 18.1. The van der Waals surface area contributed by atoms with E-state index in [0.717, 1.165) is 27.4 Å². The maximum atomic E-state index is 12.7. The van der Waals surface area contributed by atoms with Crippen molar-refractivity contribution in [1.82, 2.24) is 29.7 Å². The Kier molecular flexibility index (Phi) is 5.56. The molecule has 0 saturated carbocycles. The number of halogens is 3. The first-order chi connectivity index (χ1) is 15.5. The fourth-order valence-electron chi connectivity index (χ4n) is 3.40. The van der Waals surface area contributed by atoms with E-state index in [1.807, 2.05) is 32.0 Å². The summed E-state index contributed by atoms with van der Waals surface area (Å²) in [5, 5.41) is 10.6. The van der Waals surface area contributed by atoms with Crippen LogP contribution >= 0.6 is 0 Å². The molecule has 0 radical (unpaired) electrons. The summed E-state index contributed by atoms with van der Waals surface area (Å²) in [5.41, 5.74) is 1.90. The van der Waals surface area contributed by atoms with E-state index in [2.05, 4.69) is 20.5 Å². The predicted octanol–water partition coefficient (Wildman–Crippen LogP) is 3.34. The van der Waals surface area contributed by atoms with Gasteiger partial charge in [-0.1, -0.05) is 12.1 Å². The van der Waals surface area contributed by atoms with Gasteiger partial charge in [-0.25, -0.2) is 4.52 Å². The minimum absolute atomic E-state index is 0.0466. The lowest BCUT2D eigenvalue weighted by Gasteiger charge is -2.13. The summed E-state index contributed by atoms with van der Waals surface area (Å²) >= 11 is 0. The van der Waals surface area contributed by atoms with Crippen LogP contribution in [0.2, 0.25) is 0 Å². The van der Waals surface area contributed by atoms with Crippen LogP contribution in [0, 0.1) is 13.8 Å². The molecule has 33 heavy (non-hydrogen) atoms. The number of alkyl halides is 3. The Bertz CT molecular complexity index is 1400. The average Bonchev–Trinajstić information content (AvgIpc) is 3.37. The minimum Gasteiger partial charge on any atom is -0.348 e. The second-order valence-electron chi connectivity index (χ2n) is 7.96. The van der Waals surface area contributed by atoms with E-state index < -0.39 is 29.4 Å². The van der Waals surface area contributed by atoms with Crippen molar-refractivity contribution in [2.45, 2.75) is 39.5 Å². The highest BCUT2D eigenvalue weighted by Gasteiger charge is 2.33. The number of fused-ring (bicyclic) bond motifs is 1. The first-order valence-corrected chi connectivity index (χ1v) is 10.1. The van der Waals surface area contributed by atoms with Crippen molar-refractivity contribution in [3.63, 3.8) is 0 Å². The molecule has 1 aromatic carbocycles. The van der Waals surface area contributed by atoms with Gasteiger partial charge in [0.15, 0.2) is 11.5 Å². The van der Waals surface area contributed by atoms with Gasteiger partial charge in [-0.15, -0.1) is 5.10 Å². The van der Waals surface area contributed by atoms with Crippen molar-refractivity contribution in [2.75, 3.05) is 0 Å². The Morgan fingerprint density at radius 3 is 2.58 bits per heavy atom. The number of rotatable bonds is 5. The highest BCUT2D eigenvalue weighted by Crippen LogP contribution is 2.27. The van der Waals surface area contributed by atoms with E-state index in [1.54, 1.807) is 6.92 Å². The number of carbonyl (C=O) groups excluding carboxylic acids is 1. The maximum Gasteiger partial charge on any atom is 0.435 e. The second-order valence-corrected chi connectivity index (χ2v) is 7.96. The molecular formula is C22H21F3N6O2. The van der Waals surface area contributed by atoms with Gasteiger partial charge in [-0.05, 0) is 50.1 Å². The Balaban J connectivity index is 1.52. The summed E-state index contributed by atoms with van der Waals surface area (Å²) in [6.07, 6.45) is -1.89. The summed E-state index contributed by atoms with van der Waals surface area (Å²) in [5.74, 6) is -0.117. The van der Waals surface area contributed by atoms with Crippen LogP contribution in [-0.2, 0) is 12.7 Å². The molecule has 3 heterocycles. The lowest BCUT2D eigenvalue weighted by molar-refractivity contribution is -0.141. The Morgan fingerprint density at radius 2 is 1.91 bits per heavy atom. The number of aromatic nitrogens is 5. The van der Waals surface area contributed by atoms with Gasteiger partial charge in [-0.3, -0.25) is 14.3 Å². The van der Waals surface area contributed by atoms with Gasteiger partial charge in [0.1, 0.15) is 5.52 Å². The number of H-pyrrole nitrogens is 1. The van der Waals surface area contributed by atoms with E-state index in [9.17, 15) is 22.8 Å². The Hall–Kier alpha value is -3.89. The van der Waals surface area contributed by atoms with Gasteiger partial charge in [0.2, 0.25) is 0 Å². The summed E-state index contributed by atoms with van der Waals surface area (Å²) < 4.78 is 40.5. The summed E-state index contributed by atoms with van der Waals surface area (Å²) in [6.45, 7) is 5.64. The van der Waals surface area contributed by atoms with Gasteiger partial charge in [-0.2, -0.15) is 18.3 Å². The first-order valence-electron chi connectivity index (χ1n) is 10.1. The molecule has 172 valence electrons. The lowest BCUT2D eigenvalue weighted by Crippen LogP contribution is -2.35. The number of carbonyl (C=O) groups is 1. The molecule has 3 aromatic heterocycles. The van der Waals surface area contributed by atoms with E-state index in [4.69, 9.17) is 0 Å². The van der Waals surface area contributed by atoms with Gasteiger partial charge >= 0.3 is 6.18 Å². The number of amides is 1. The molecule has 0 fully saturated rings. The number of hydrogen-bond donors (Lipinski definition) is 2. The fourth-order valence-corrected chi connectivity index (χ4v) is 3.40. The van der Waals surface area contributed by atoms with E-state index in [-0.39, 0.29) is 17.6 Å². The summed E-state index contributed by atoms with van der Waals surface area (Å²) in [7, 11) is 0. The van der Waals surface area contributed by atoms with Crippen LogP contribution in [0.1, 0.15) is 34.1 Å². The van der Waals surface area contributed by atoms with Crippen LogP contribution in [0.4, 0.5) is 13.2 Å². The fraction of sp³-hybridized carbons (Fsp3) is 0.273. The van der Waals surface area contributed by atoms with E-state index in [0.29, 0.717) is 5.82 Å². The zero-order chi connectivity index (χ0) is 23.9. The first kappa shape index (κ1) is 22.3. The number of aromatic amines is 1. The third-order valence-electron chi connectivity index (χ3n) is 5.28. The molecule has 2 N–H and O–H groups in total. The van der Waals surface area contributed by atoms with Crippen molar-refractivity contribution >= 4 is 11.4 Å². The largest absolute Gasteiger partial charge is 0.435 e. The molecule has 0 aliphatic heterocycles. The SMILES string of the molecule is Cc1ccc(-c2nn3cc(C(=O)NC(C)Cn4ccc(C(F)(F)F)n4)cc3c(=O)[nH]2)cc1C. The molecule has 4 aromatic rings. The zero-order valence-electron chi connectivity index (χ0n) is 18.1. The monoisotopic (exact) mass is 458 g/mol. The maximum absolute atomic E-state index is 12.7. The molecule has 1 unspecified atom stereocenters. The van der Waals surface area contributed by atoms with Gasteiger partial charge in [0.25, 0.3) is 11.5 Å². The molecular weight excluding hydrogens is 437 g/mol. The van der Waals surface area contributed by atoms with Crippen LogP contribution in [0.5, 0.6) is 0 Å². The average molecular weight is 458 g/mol. The van der Waals surface area contributed by atoms with Crippen molar-refractivity contribution in [3.8, 4) is 11.4 Å². The highest BCUT2D eigenvalue weighted by molar-refractivity contribution is 5.95. The normalized spacial score (nSPS) is 12.8. The molecule has 0 spiro atoms. The Labute approximate surface area is 186 Å².